The molecular weight excluding hydrogens is 348 g/mol. The van der Waals surface area contributed by atoms with Crippen molar-refractivity contribution in [3.05, 3.63) is 71.4 Å². The van der Waals surface area contributed by atoms with Crippen LogP contribution in [0.15, 0.2) is 54.7 Å². The number of aromatic hydroxyl groups is 1. The fraction of sp³-hybridized carbons (Fsp3) is 0.333. The van der Waals surface area contributed by atoms with Crippen LogP contribution in [0.3, 0.4) is 0 Å². The van der Waals surface area contributed by atoms with Crippen LogP contribution < -0.4 is 0 Å². The smallest absolute Gasteiger partial charge is 0.127 e. The van der Waals surface area contributed by atoms with Gasteiger partial charge < -0.3 is 5.11 Å². The number of alkyl halides is 1. The Hall–Kier alpha value is -1.54. The predicted octanol–water partition coefficient (Wildman–Crippen LogP) is 5.90. The summed E-state index contributed by atoms with van der Waals surface area (Å²) >= 11 is 3.51. The molecule has 0 aliphatic heterocycles. The summed E-state index contributed by atoms with van der Waals surface area (Å²) in [7, 11) is 0. The minimum atomic E-state index is 0.0499. The van der Waals surface area contributed by atoms with Crippen LogP contribution in [0.5, 0.6) is 5.75 Å². The molecule has 2 heteroatoms. The van der Waals surface area contributed by atoms with E-state index in [9.17, 15) is 5.11 Å². The van der Waals surface area contributed by atoms with Crippen molar-refractivity contribution in [2.24, 2.45) is 11.8 Å². The van der Waals surface area contributed by atoms with E-state index < -0.39 is 0 Å². The van der Waals surface area contributed by atoms with Crippen LogP contribution in [0.25, 0.3) is 5.57 Å². The summed E-state index contributed by atoms with van der Waals surface area (Å²) in [5, 5.41) is 11.3. The molecular formula is C21H23BrO. The maximum atomic E-state index is 10.7. The van der Waals surface area contributed by atoms with Gasteiger partial charge in [0.25, 0.3) is 0 Å². The van der Waals surface area contributed by atoms with Gasteiger partial charge in [0, 0.05) is 28.3 Å². The van der Waals surface area contributed by atoms with Gasteiger partial charge in [0.2, 0.25) is 0 Å². The Morgan fingerprint density at radius 2 is 1.74 bits per heavy atom. The number of benzene rings is 1. The quantitative estimate of drug-likeness (QED) is 0.642. The number of fused-ring (bicyclic) bond motifs is 1. The molecule has 0 saturated heterocycles. The average Bonchev–Trinajstić information content (AvgIpc) is 2.53. The van der Waals surface area contributed by atoms with Gasteiger partial charge in [0.15, 0.2) is 0 Å². The molecule has 0 fully saturated rings. The van der Waals surface area contributed by atoms with Gasteiger partial charge in [-0.1, -0.05) is 85.3 Å². The highest BCUT2D eigenvalue weighted by molar-refractivity contribution is 9.08. The first kappa shape index (κ1) is 16.3. The molecule has 0 radical (unpaired) electrons. The largest absolute Gasteiger partial charge is 0.507 e. The van der Waals surface area contributed by atoms with E-state index in [4.69, 9.17) is 0 Å². The van der Waals surface area contributed by atoms with Crippen LogP contribution in [-0.2, 0) is 10.7 Å². The fourth-order valence-electron chi connectivity index (χ4n) is 3.11. The molecule has 23 heavy (non-hydrogen) atoms. The topological polar surface area (TPSA) is 20.2 Å². The molecule has 1 nitrogen and oxygen atoms in total. The molecule has 3 rings (SSSR count). The third-order valence-electron chi connectivity index (χ3n) is 4.60. The average molecular weight is 371 g/mol. The second kappa shape index (κ2) is 6.16. The van der Waals surface area contributed by atoms with Crippen LogP contribution in [0.4, 0.5) is 0 Å². The molecule has 120 valence electrons. The molecule has 0 amide bonds. The van der Waals surface area contributed by atoms with Gasteiger partial charge in [-0.25, -0.2) is 0 Å². The van der Waals surface area contributed by atoms with Crippen molar-refractivity contribution in [3.8, 4) is 5.75 Å². The van der Waals surface area contributed by atoms with E-state index in [-0.39, 0.29) is 5.41 Å². The summed E-state index contributed by atoms with van der Waals surface area (Å²) in [5.74, 6) is 1.21. The van der Waals surface area contributed by atoms with Crippen molar-refractivity contribution in [1.29, 1.82) is 0 Å². The summed E-state index contributed by atoms with van der Waals surface area (Å²) in [6, 6.07) is 4.24. The van der Waals surface area contributed by atoms with Crippen LogP contribution in [0.2, 0.25) is 0 Å². The lowest BCUT2D eigenvalue weighted by Gasteiger charge is -2.26. The van der Waals surface area contributed by atoms with Crippen molar-refractivity contribution >= 4 is 21.5 Å². The Labute approximate surface area is 147 Å². The minimum absolute atomic E-state index is 0.0499. The predicted molar refractivity (Wildman–Crippen MR) is 102 cm³/mol. The molecule has 1 aromatic rings. The molecule has 1 N–H and O–H groups in total. The summed E-state index contributed by atoms with van der Waals surface area (Å²) < 4.78 is 0. The highest BCUT2D eigenvalue weighted by Gasteiger charge is 2.23. The Morgan fingerprint density at radius 3 is 2.39 bits per heavy atom. The maximum Gasteiger partial charge on any atom is 0.127 e. The van der Waals surface area contributed by atoms with Crippen molar-refractivity contribution in [2.75, 3.05) is 0 Å². The molecule has 2 aliphatic rings. The Kier molecular flexibility index (Phi) is 4.37. The Bertz CT molecular complexity index is 729. The number of hydrogen-bond acceptors (Lipinski definition) is 1. The monoisotopic (exact) mass is 370 g/mol. The zero-order chi connectivity index (χ0) is 16.6. The normalized spacial score (nSPS) is 22.9. The molecule has 0 saturated carbocycles. The number of phenolic OH excluding ortho intramolecular Hbond substituents is 1. The fourth-order valence-corrected chi connectivity index (χ4v) is 3.53. The third kappa shape index (κ3) is 3.23. The number of phenols is 1. The minimum Gasteiger partial charge on any atom is -0.507 e. The van der Waals surface area contributed by atoms with E-state index in [0.717, 1.165) is 16.7 Å². The molecule has 2 aliphatic carbocycles. The summed E-state index contributed by atoms with van der Waals surface area (Å²) in [6.45, 7) is 6.62. The zero-order valence-corrected chi connectivity index (χ0v) is 15.5. The van der Waals surface area contributed by atoms with Gasteiger partial charge >= 0.3 is 0 Å². The van der Waals surface area contributed by atoms with E-state index in [0.29, 0.717) is 22.9 Å². The van der Waals surface area contributed by atoms with Gasteiger partial charge in [-0.05, 0) is 22.6 Å². The van der Waals surface area contributed by atoms with Crippen molar-refractivity contribution in [3.63, 3.8) is 0 Å². The summed E-state index contributed by atoms with van der Waals surface area (Å²) in [5.41, 5.74) is 4.29. The number of halogens is 1. The molecule has 0 bridgehead atoms. The zero-order valence-electron chi connectivity index (χ0n) is 13.9. The maximum absolute atomic E-state index is 10.7. The second-order valence-corrected chi connectivity index (χ2v) is 7.88. The number of allylic oxidation sites excluding steroid dienone is 8. The Balaban J connectivity index is 2.09. The highest BCUT2D eigenvalue weighted by Crippen LogP contribution is 2.39. The van der Waals surface area contributed by atoms with Crippen LogP contribution in [0, 0.1) is 11.8 Å². The lowest BCUT2D eigenvalue weighted by atomic mass is 9.79. The molecule has 0 spiro atoms. The molecule has 2 atom stereocenters. The summed E-state index contributed by atoms with van der Waals surface area (Å²) in [4.78, 5) is 0. The Morgan fingerprint density at radius 1 is 1.04 bits per heavy atom. The van der Waals surface area contributed by atoms with Crippen LogP contribution in [0.1, 0.15) is 37.5 Å². The van der Waals surface area contributed by atoms with Crippen LogP contribution in [-0.4, -0.2) is 5.11 Å². The van der Waals surface area contributed by atoms with Gasteiger partial charge in [-0.2, -0.15) is 0 Å². The lowest BCUT2D eigenvalue weighted by Crippen LogP contribution is -2.14. The SMILES string of the molecule is CC(C)(C)c1cc(CBr)c(O)c(C2=CC3C=CC=CC3C=C2)c1. The second-order valence-electron chi connectivity index (χ2n) is 7.32. The first-order valence-corrected chi connectivity index (χ1v) is 9.20. The standard InChI is InChI=1S/C21H23BrO/c1-21(2,3)18-11-17(13-22)20(23)19(12-18)16-9-8-14-6-4-5-7-15(14)10-16/h4-12,14-15,23H,13H2,1-3H3. The summed E-state index contributed by atoms with van der Waals surface area (Å²) in [6.07, 6.45) is 15.3. The van der Waals surface area contributed by atoms with E-state index in [2.05, 4.69) is 91.4 Å². The van der Waals surface area contributed by atoms with Gasteiger partial charge in [0.05, 0.1) is 0 Å². The van der Waals surface area contributed by atoms with Crippen molar-refractivity contribution < 1.29 is 5.11 Å². The molecule has 1 aromatic carbocycles. The van der Waals surface area contributed by atoms with E-state index in [1.807, 2.05) is 0 Å². The van der Waals surface area contributed by atoms with Gasteiger partial charge in [-0.3, -0.25) is 0 Å². The van der Waals surface area contributed by atoms with Crippen LogP contribution >= 0.6 is 15.9 Å². The third-order valence-corrected chi connectivity index (χ3v) is 5.21. The molecule has 0 aromatic heterocycles. The van der Waals surface area contributed by atoms with Crippen molar-refractivity contribution in [2.45, 2.75) is 31.5 Å². The van der Waals surface area contributed by atoms with Crippen molar-refractivity contribution in [1.82, 2.24) is 0 Å². The number of rotatable bonds is 2. The van der Waals surface area contributed by atoms with Gasteiger partial charge in [-0.15, -0.1) is 0 Å². The number of hydrogen-bond donors (Lipinski definition) is 1. The van der Waals surface area contributed by atoms with Gasteiger partial charge in [0.1, 0.15) is 5.75 Å². The lowest BCUT2D eigenvalue weighted by molar-refractivity contribution is 0.467. The first-order chi connectivity index (χ1) is 10.9. The molecule has 2 unspecified atom stereocenters. The highest BCUT2D eigenvalue weighted by atomic mass is 79.9. The van der Waals surface area contributed by atoms with E-state index >= 15 is 0 Å². The first-order valence-electron chi connectivity index (χ1n) is 8.08. The van der Waals surface area contributed by atoms with E-state index in [1.165, 1.54) is 5.56 Å². The molecule has 0 heterocycles. The van der Waals surface area contributed by atoms with E-state index in [1.54, 1.807) is 0 Å².